The third-order valence-corrected chi connectivity index (χ3v) is 7.27. The zero-order valence-electron chi connectivity index (χ0n) is 23.4. The van der Waals surface area contributed by atoms with Crippen LogP contribution >= 0.6 is 0 Å². The van der Waals surface area contributed by atoms with Crippen LogP contribution in [0.4, 0.5) is 0 Å². The Kier molecular flexibility index (Phi) is 10.7. The predicted octanol–water partition coefficient (Wildman–Crippen LogP) is 4.03. The van der Waals surface area contributed by atoms with Crippen LogP contribution in [0.25, 0.3) is 0 Å². The molecule has 1 aliphatic rings. The van der Waals surface area contributed by atoms with Crippen molar-refractivity contribution >= 4 is 11.9 Å². The van der Waals surface area contributed by atoms with E-state index in [0.717, 1.165) is 62.5 Å². The van der Waals surface area contributed by atoms with Gasteiger partial charge < -0.3 is 19.9 Å². The summed E-state index contributed by atoms with van der Waals surface area (Å²) in [6.07, 6.45) is 0. The SMILES string of the molecule is CCN(CC)CC(C)NCc1cccc(C(=O)N2[C@H](C)CN(Cc3ccc(C(=O)OC)cc3)C[C@@H]2C)c1. The van der Waals surface area contributed by atoms with Gasteiger partial charge in [0.1, 0.15) is 0 Å². The number of likely N-dealkylation sites (N-methyl/N-ethyl adjacent to an activating group) is 1. The van der Waals surface area contributed by atoms with E-state index in [1.165, 1.54) is 7.11 Å². The van der Waals surface area contributed by atoms with E-state index in [-0.39, 0.29) is 24.0 Å². The summed E-state index contributed by atoms with van der Waals surface area (Å²) in [5.74, 6) is -0.227. The first-order chi connectivity index (χ1) is 17.7. The van der Waals surface area contributed by atoms with Gasteiger partial charge in [0.25, 0.3) is 5.91 Å². The summed E-state index contributed by atoms with van der Waals surface area (Å²) in [4.78, 5) is 32.1. The Bertz CT molecular complexity index is 1010. The van der Waals surface area contributed by atoms with E-state index < -0.39 is 0 Å². The third kappa shape index (κ3) is 7.87. The number of carbonyl (C=O) groups excluding carboxylic acids is 2. The third-order valence-electron chi connectivity index (χ3n) is 7.27. The number of benzene rings is 2. The van der Waals surface area contributed by atoms with Gasteiger partial charge in [-0.2, -0.15) is 0 Å². The fourth-order valence-electron chi connectivity index (χ4n) is 5.27. The molecule has 1 aliphatic heterocycles. The van der Waals surface area contributed by atoms with Gasteiger partial charge in [0.15, 0.2) is 0 Å². The maximum absolute atomic E-state index is 13.6. The fourth-order valence-corrected chi connectivity index (χ4v) is 5.27. The first-order valence-electron chi connectivity index (χ1n) is 13.5. The number of hydrogen-bond donors (Lipinski definition) is 1. The molecule has 0 radical (unpaired) electrons. The molecule has 0 saturated carbocycles. The molecule has 0 aliphatic carbocycles. The van der Waals surface area contributed by atoms with Gasteiger partial charge in [-0.3, -0.25) is 9.69 Å². The molecule has 0 bridgehead atoms. The van der Waals surface area contributed by atoms with Crippen LogP contribution < -0.4 is 5.32 Å². The lowest BCUT2D eigenvalue weighted by Gasteiger charge is -2.44. The average Bonchev–Trinajstić information content (AvgIpc) is 2.90. The van der Waals surface area contributed by atoms with Crippen molar-refractivity contribution in [2.24, 2.45) is 0 Å². The maximum atomic E-state index is 13.6. The van der Waals surface area contributed by atoms with Gasteiger partial charge in [0.05, 0.1) is 12.7 Å². The maximum Gasteiger partial charge on any atom is 0.337 e. The molecule has 202 valence electrons. The van der Waals surface area contributed by atoms with E-state index in [0.29, 0.717) is 11.6 Å². The van der Waals surface area contributed by atoms with Crippen LogP contribution in [0.15, 0.2) is 48.5 Å². The Balaban J connectivity index is 1.58. The highest BCUT2D eigenvalue weighted by Gasteiger charge is 2.33. The van der Waals surface area contributed by atoms with E-state index in [1.54, 1.807) is 12.1 Å². The lowest BCUT2D eigenvalue weighted by atomic mass is 10.0. The second-order valence-electron chi connectivity index (χ2n) is 10.3. The zero-order valence-corrected chi connectivity index (χ0v) is 23.4. The van der Waals surface area contributed by atoms with Crippen molar-refractivity contribution in [2.75, 3.05) is 39.8 Å². The summed E-state index contributed by atoms with van der Waals surface area (Å²) in [5, 5.41) is 3.60. The summed E-state index contributed by atoms with van der Waals surface area (Å²) in [5.41, 5.74) is 3.58. The number of nitrogens with zero attached hydrogens (tertiary/aromatic N) is 3. The minimum atomic E-state index is -0.324. The smallest absolute Gasteiger partial charge is 0.337 e. The molecule has 2 aromatic rings. The van der Waals surface area contributed by atoms with E-state index in [9.17, 15) is 9.59 Å². The van der Waals surface area contributed by atoms with E-state index in [1.807, 2.05) is 35.2 Å². The highest BCUT2D eigenvalue weighted by atomic mass is 16.5. The van der Waals surface area contributed by atoms with Crippen molar-refractivity contribution in [3.8, 4) is 0 Å². The van der Waals surface area contributed by atoms with Crippen molar-refractivity contribution < 1.29 is 14.3 Å². The first-order valence-corrected chi connectivity index (χ1v) is 13.5. The van der Waals surface area contributed by atoms with Crippen LogP contribution in [-0.4, -0.2) is 84.5 Å². The summed E-state index contributed by atoms with van der Waals surface area (Å²) in [7, 11) is 1.39. The lowest BCUT2D eigenvalue weighted by molar-refractivity contribution is 0.0268. The second-order valence-corrected chi connectivity index (χ2v) is 10.3. The standard InChI is InChI=1S/C30H44N4O3/c1-7-32(8-2)18-22(3)31-17-26-10-9-11-28(16-26)29(35)34-23(4)19-33(20-24(34)5)21-25-12-14-27(15-13-25)30(36)37-6/h9-16,22-24,31H,7-8,17-21H2,1-6H3/t22?,23-,24+. The number of ether oxygens (including phenoxy) is 1. The highest BCUT2D eigenvalue weighted by Crippen LogP contribution is 2.21. The van der Waals surface area contributed by atoms with Gasteiger partial charge in [-0.1, -0.05) is 38.1 Å². The van der Waals surface area contributed by atoms with E-state index >= 15 is 0 Å². The van der Waals surface area contributed by atoms with Crippen molar-refractivity contribution in [1.29, 1.82) is 0 Å². The van der Waals surface area contributed by atoms with Crippen LogP contribution in [0.3, 0.4) is 0 Å². The molecule has 2 aromatic carbocycles. The average molecular weight is 509 g/mol. The van der Waals surface area contributed by atoms with Crippen LogP contribution in [0.5, 0.6) is 0 Å². The Morgan fingerprint density at radius 1 is 1.00 bits per heavy atom. The number of esters is 1. The number of amides is 1. The van der Waals surface area contributed by atoms with Crippen molar-refractivity contribution in [2.45, 2.75) is 65.8 Å². The number of hydrogen-bond acceptors (Lipinski definition) is 6. The molecule has 1 amide bonds. The minimum absolute atomic E-state index is 0.0973. The monoisotopic (exact) mass is 508 g/mol. The zero-order chi connectivity index (χ0) is 26.9. The van der Waals surface area contributed by atoms with Crippen LogP contribution in [0.2, 0.25) is 0 Å². The molecule has 37 heavy (non-hydrogen) atoms. The Hall–Kier alpha value is -2.74. The summed E-state index contributed by atoms with van der Waals surface area (Å²) >= 11 is 0. The van der Waals surface area contributed by atoms with Crippen LogP contribution in [0.1, 0.15) is 66.5 Å². The van der Waals surface area contributed by atoms with E-state index in [2.05, 4.69) is 55.8 Å². The second kappa shape index (κ2) is 13.7. The predicted molar refractivity (Wildman–Crippen MR) is 149 cm³/mol. The van der Waals surface area contributed by atoms with Gasteiger partial charge in [0.2, 0.25) is 0 Å². The van der Waals surface area contributed by atoms with Crippen molar-refractivity contribution in [1.82, 2.24) is 20.0 Å². The number of carbonyl (C=O) groups is 2. The highest BCUT2D eigenvalue weighted by molar-refractivity contribution is 5.95. The van der Waals surface area contributed by atoms with Gasteiger partial charge in [-0.25, -0.2) is 4.79 Å². The van der Waals surface area contributed by atoms with Gasteiger partial charge in [-0.15, -0.1) is 0 Å². The number of piperazine rings is 1. The summed E-state index contributed by atoms with van der Waals surface area (Å²) < 4.78 is 4.79. The molecule has 1 heterocycles. The molecular formula is C30H44N4O3. The van der Waals surface area contributed by atoms with Gasteiger partial charge >= 0.3 is 5.97 Å². The summed E-state index contributed by atoms with van der Waals surface area (Å²) in [6.45, 7) is 17.1. The molecule has 7 nitrogen and oxygen atoms in total. The summed E-state index contributed by atoms with van der Waals surface area (Å²) in [6, 6.07) is 16.2. The molecule has 0 spiro atoms. The minimum Gasteiger partial charge on any atom is -0.465 e. The number of methoxy groups -OCH3 is 1. The molecule has 1 unspecified atom stereocenters. The first kappa shape index (κ1) is 28.8. The Labute approximate surface area is 222 Å². The molecule has 1 N–H and O–H groups in total. The fraction of sp³-hybridized carbons (Fsp3) is 0.533. The van der Waals surface area contributed by atoms with Gasteiger partial charge in [-0.05, 0) is 69.3 Å². The quantitative estimate of drug-likeness (QED) is 0.463. The molecule has 7 heteroatoms. The normalized spacial score (nSPS) is 19.2. The molecule has 0 aromatic heterocycles. The molecular weight excluding hydrogens is 464 g/mol. The molecule has 1 fully saturated rings. The van der Waals surface area contributed by atoms with Crippen LogP contribution in [-0.2, 0) is 17.8 Å². The largest absolute Gasteiger partial charge is 0.465 e. The Morgan fingerprint density at radius 3 is 2.24 bits per heavy atom. The number of rotatable bonds is 11. The number of nitrogens with one attached hydrogen (secondary N) is 1. The van der Waals surface area contributed by atoms with Crippen LogP contribution in [0, 0.1) is 0 Å². The van der Waals surface area contributed by atoms with Gasteiger partial charge in [0, 0.05) is 56.4 Å². The Morgan fingerprint density at radius 2 is 1.65 bits per heavy atom. The molecule has 3 atom stereocenters. The van der Waals surface area contributed by atoms with Crippen molar-refractivity contribution in [3.05, 3.63) is 70.8 Å². The lowest BCUT2D eigenvalue weighted by Crippen LogP contribution is -2.58. The topological polar surface area (TPSA) is 65.1 Å². The molecule has 1 saturated heterocycles. The molecule has 3 rings (SSSR count). The van der Waals surface area contributed by atoms with E-state index in [4.69, 9.17) is 4.74 Å². The van der Waals surface area contributed by atoms with Crippen molar-refractivity contribution in [3.63, 3.8) is 0 Å².